The van der Waals surface area contributed by atoms with Gasteiger partial charge in [0.15, 0.2) is 5.43 Å². The third-order valence-electron chi connectivity index (χ3n) is 5.91. The van der Waals surface area contributed by atoms with Gasteiger partial charge in [0.1, 0.15) is 5.65 Å². The number of rotatable bonds is 4. The number of hydrogen-bond donors (Lipinski definition) is 2. The number of H-pyrrole nitrogens is 1. The summed E-state index contributed by atoms with van der Waals surface area (Å²) in [6, 6.07) is 20.5. The van der Waals surface area contributed by atoms with Crippen LogP contribution in [0.25, 0.3) is 44.3 Å². The molecule has 7 nitrogen and oxygen atoms in total. The summed E-state index contributed by atoms with van der Waals surface area (Å²) in [6.45, 7) is 0. The third-order valence-corrected chi connectivity index (χ3v) is 6.20. The SMILES string of the molecule is O=C(NC1CC1)Oc1cc(=O)c2cc(-c3cc(Cl)c4ncccc4c3)c(-c3ccccc3)nc2[nH]1. The molecule has 3 heterocycles. The molecule has 0 atom stereocenters. The number of carbonyl (C=O) groups is 1. The van der Waals surface area contributed by atoms with Gasteiger partial charge in [-0.1, -0.05) is 48.0 Å². The van der Waals surface area contributed by atoms with E-state index in [0.29, 0.717) is 27.3 Å². The van der Waals surface area contributed by atoms with E-state index in [2.05, 4.69) is 15.3 Å². The van der Waals surface area contributed by atoms with Crippen LogP contribution in [0.5, 0.6) is 5.88 Å². The smallest absolute Gasteiger partial charge is 0.393 e. The second kappa shape index (κ2) is 8.52. The van der Waals surface area contributed by atoms with Crippen LogP contribution in [0, 0.1) is 0 Å². The average molecular weight is 483 g/mol. The van der Waals surface area contributed by atoms with Crippen LogP contribution in [0.4, 0.5) is 4.79 Å². The van der Waals surface area contributed by atoms with Crippen LogP contribution >= 0.6 is 11.6 Å². The maximum Gasteiger partial charge on any atom is 0.414 e. The van der Waals surface area contributed by atoms with Gasteiger partial charge in [-0.3, -0.25) is 9.78 Å². The molecule has 1 aliphatic carbocycles. The number of aromatic amines is 1. The Balaban J connectivity index is 1.53. The second-order valence-corrected chi connectivity index (χ2v) is 8.89. The summed E-state index contributed by atoms with van der Waals surface area (Å²) in [7, 11) is 0. The van der Waals surface area contributed by atoms with Crippen molar-refractivity contribution >= 4 is 39.6 Å². The lowest BCUT2D eigenvalue weighted by Gasteiger charge is -2.13. The number of halogens is 1. The predicted molar refractivity (Wildman–Crippen MR) is 136 cm³/mol. The molecule has 3 aromatic heterocycles. The minimum absolute atomic E-state index is 0.0414. The molecular weight excluding hydrogens is 464 g/mol. The van der Waals surface area contributed by atoms with Crippen molar-refractivity contribution < 1.29 is 9.53 Å². The van der Waals surface area contributed by atoms with Gasteiger partial charge >= 0.3 is 6.09 Å². The first-order chi connectivity index (χ1) is 17.0. The van der Waals surface area contributed by atoms with E-state index < -0.39 is 6.09 Å². The number of nitrogens with zero attached hydrogens (tertiary/aromatic N) is 2. The van der Waals surface area contributed by atoms with E-state index in [1.165, 1.54) is 6.07 Å². The highest BCUT2D eigenvalue weighted by molar-refractivity contribution is 6.35. The molecule has 2 N–H and O–H groups in total. The molecule has 0 unspecified atom stereocenters. The van der Waals surface area contributed by atoms with Crippen LogP contribution < -0.4 is 15.5 Å². The number of carbonyl (C=O) groups excluding carboxylic acids is 1. The predicted octanol–water partition coefficient (Wildman–Crippen LogP) is 5.71. The number of amides is 1. The van der Waals surface area contributed by atoms with Gasteiger partial charge < -0.3 is 15.0 Å². The summed E-state index contributed by atoms with van der Waals surface area (Å²) in [5.74, 6) is 0.0414. The topological polar surface area (TPSA) is 97.0 Å². The molecule has 172 valence electrons. The van der Waals surface area contributed by atoms with Crippen LogP contribution in [-0.4, -0.2) is 27.1 Å². The maximum atomic E-state index is 13.0. The molecular formula is C27H19ClN4O3. The Labute approximate surface area is 204 Å². The highest BCUT2D eigenvalue weighted by Crippen LogP contribution is 2.36. The van der Waals surface area contributed by atoms with E-state index >= 15 is 0 Å². The van der Waals surface area contributed by atoms with E-state index in [-0.39, 0.29) is 17.4 Å². The first-order valence-electron chi connectivity index (χ1n) is 11.2. The standard InChI is InChI=1S/C27H19ClN4O3/c28-21-12-17(11-16-7-4-10-29-25(16)21)19-13-20-22(33)14-23(35-27(34)30-18-8-9-18)31-26(20)32-24(19)15-5-2-1-3-6-15/h1-7,10-14,18H,8-9H2,(H,30,34)(H,31,32,33). The zero-order valence-electron chi connectivity index (χ0n) is 18.4. The zero-order chi connectivity index (χ0) is 23.9. The van der Waals surface area contributed by atoms with Gasteiger partial charge in [-0.25, -0.2) is 9.78 Å². The Morgan fingerprint density at radius 2 is 1.86 bits per heavy atom. The highest BCUT2D eigenvalue weighted by atomic mass is 35.5. The minimum atomic E-state index is -0.596. The monoisotopic (exact) mass is 482 g/mol. The van der Waals surface area contributed by atoms with Crippen molar-refractivity contribution in [1.82, 2.24) is 20.3 Å². The molecule has 0 saturated heterocycles. The summed E-state index contributed by atoms with van der Waals surface area (Å²) in [5, 5.41) is 4.50. The molecule has 6 rings (SSSR count). The molecule has 1 amide bonds. The molecule has 0 spiro atoms. The molecule has 5 aromatic rings. The molecule has 35 heavy (non-hydrogen) atoms. The van der Waals surface area contributed by atoms with Crippen molar-refractivity contribution in [3.63, 3.8) is 0 Å². The lowest BCUT2D eigenvalue weighted by Crippen LogP contribution is -2.29. The van der Waals surface area contributed by atoms with Crippen molar-refractivity contribution in [1.29, 1.82) is 0 Å². The van der Waals surface area contributed by atoms with Gasteiger partial charge in [0, 0.05) is 34.8 Å². The fraction of sp³-hybridized carbons (Fsp3) is 0.111. The number of fused-ring (bicyclic) bond motifs is 2. The fourth-order valence-electron chi connectivity index (χ4n) is 4.06. The number of hydrogen-bond acceptors (Lipinski definition) is 5. The van der Waals surface area contributed by atoms with Crippen molar-refractivity contribution in [2.75, 3.05) is 0 Å². The summed E-state index contributed by atoms with van der Waals surface area (Å²) in [6.07, 6.45) is 2.97. The molecule has 2 aromatic carbocycles. The van der Waals surface area contributed by atoms with E-state index in [4.69, 9.17) is 21.3 Å². The van der Waals surface area contributed by atoms with Crippen LogP contribution in [0.15, 0.2) is 77.7 Å². The van der Waals surface area contributed by atoms with E-state index in [1.807, 2.05) is 54.6 Å². The van der Waals surface area contributed by atoms with Crippen molar-refractivity contribution in [3.8, 4) is 28.3 Å². The van der Waals surface area contributed by atoms with Crippen molar-refractivity contribution in [3.05, 3.63) is 88.2 Å². The first-order valence-corrected chi connectivity index (χ1v) is 11.6. The Bertz CT molecular complexity index is 1660. The number of aromatic nitrogens is 3. The molecule has 0 aliphatic heterocycles. The van der Waals surface area contributed by atoms with Gasteiger partial charge in [-0.2, -0.15) is 0 Å². The quantitative estimate of drug-likeness (QED) is 0.342. The highest BCUT2D eigenvalue weighted by Gasteiger charge is 2.24. The van der Waals surface area contributed by atoms with Crippen LogP contribution in [0.1, 0.15) is 12.8 Å². The second-order valence-electron chi connectivity index (χ2n) is 8.49. The van der Waals surface area contributed by atoms with Crippen molar-refractivity contribution in [2.45, 2.75) is 18.9 Å². The summed E-state index contributed by atoms with van der Waals surface area (Å²) < 4.78 is 5.31. The van der Waals surface area contributed by atoms with Crippen LogP contribution in [-0.2, 0) is 0 Å². The van der Waals surface area contributed by atoms with Gasteiger partial charge in [0.25, 0.3) is 0 Å². The van der Waals surface area contributed by atoms with Crippen molar-refractivity contribution in [2.24, 2.45) is 0 Å². The van der Waals surface area contributed by atoms with Gasteiger partial charge in [0.05, 0.1) is 21.6 Å². The minimum Gasteiger partial charge on any atom is -0.393 e. The summed E-state index contributed by atoms with van der Waals surface area (Å²) in [5.41, 5.74) is 3.81. The number of pyridine rings is 3. The molecule has 1 saturated carbocycles. The average Bonchev–Trinajstić information content (AvgIpc) is 3.68. The Morgan fingerprint density at radius 3 is 2.66 bits per heavy atom. The van der Waals surface area contributed by atoms with Gasteiger partial charge in [0.2, 0.25) is 5.88 Å². The number of nitrogens with one attached hydrogen (secondary N) is 2. The lowest BCUT2D eigenvalue weighted by atomic mass is 9.97. The van der Waals surface area contributed by atoms with Gasteiger partial charge in [-0.15, -0.1) is 0 Å². The Hall–Kier alpha value is -4.23. The largest absolute Gasteiger partial charge is 0.414 e. The molecule has 0 bridgehead atoms. The first kappa shape index (κ1) is 21.3. The normalized spacial score (nSPS) is 13.2. The van der Waals surface area contributed by atoms with E-state index in [1.54, 1.807) is 12.3 Å². The van der Waals surface area contributed by atoms with Crippen LogP contribution in [0.3, 0.4) is 0 Å². The number of ether oxygens (including phenoxy) is 1. The molecule has 1 fully saturated rings. The Kier molecular flexibility index (Phi) is 5.19. The fourth-order valence-corrected chi connectivity index (χ4v) is 4.34. The summed E-state index contributed by atoms with van der Waals surface area (Å²) in [4.78, 5) is 37.3. The molecule has 1 aliphatic rings. The van der Waals surface area contributed by atoms with E-state index in [0.717, 1.165) is 34.9 Å². The third kappa shape index (κ3) is 4.22. The zero-order valence-corrected chi connectivity index (χ0v) is 19.2. The van der Waals surface area contributed by atoms with E-state index in [9.17, 15) is 9.59 Å². The lowest BCUT2D eigenvalue weighted by molar-refractivity contribution is 0.198. The van der Waals surface area contributed by atoms with Gasteiger partial charge in [-0.05, 0) is 42.7 Å². The Morgan fingerprint density at radius 1 is 1.03 bits per heavy atom. The molecule has 8 heteroatoms. The summed E-state index contributed by atoms with van der Waals surface area (Å²) >= 11 is 6.56. The molecule has 0 radical (unpaired) electrons. The van der Waals surface area contributed by atoms with Crippen LogP contribution in [0.2, 0.25) is 5.02 Å². The number of benzene rings is 2. The maximum absolute atomic E-state index is 13.0.